The molecule has 2 heterocycles. The summed E-state index contributed by atoms with van der Waals surface area (Å²) in [5, 5.41) is 21.5. The largest absolute Gasteiger partial charge is 0.497 e. The number of rotatable bonds is 12. The monoisotopic (exact) mass is 508 g/mol. The minimum absolute atomic E-state index is 0.0549. The highest BCUT2D eigenvalue weighted by atomic mass is 19.1. The predicted molar refractivity (Wildman–Crippen MR) is 142 cm³/mol. The quantitative estimate of drug-likeness (QED) is 0.309. The highest BCUT2D eigenvalue weighted by molar-refractivity contribution is 5.83. The average molecular weight is 509 g/mol. The Hall–Kier alpha value is -3.03. The Labute approximate surface area is 218 Å². The summed E-state index contributed by atoms with van der Waals surface area (Å²) in [6, 6.07) is 14.4. The Morgan fingerprint density at radius 2 is 2.03 bits per heavy atom. The molecule has 37 heavy (non-hydrogen) atoms. The molecule has 198 valence electrons. The van der Waals surface area contributed by atoms with E-state index in [1.54, 1.807) is 19.4 Å². The Kier molecular flexibility index (Phi) is 9.47. The first-order valence-corrected chi connectivity index (χ1v) is 13.2. The number of carbonyl (C=O) groups is 1. The maximum atomic E-state index is 13.8. The molecule has 0 aliphatic carbocycles. The number of unbranched alkanes of at least 4 members (excludes halogenated alkanes) is 1. The van der Waals surface area contributed by atoms with Crippen molar-refractivity contribution >= 4 is 16.9 Å². The second-order valence-electron chi connectivity index (χ2n) is 10.1. The number of methoxy groups -OCH3 is 1. The molecule has 1 fully saturated rings. The van der Waals surface area contributed by atoms with Gasteiger partial charge in [0, 0.05) is 24.5 Å². The van der Waals surface area contributed by atoms with Crippen molar-refractivity contribution in [2.75, 3.05) is 26.7 Å². The van der Waals surface area contributed by atoms with Crippen molar-refractivity contribution < 1.29 is 24.1 Å². The highest BCUT2D eigenvalue weighted by Gasteiger charge is 2.31. The Morgan fingerprint density at radius 1 is 1.19 bits per heavy atom. The molecule has 0 saturated carbocycles. The molecule has 1 aromatic heterocycles. The van der Waals surface area contributed by atoms with E-state index in [2.05, 4.69) is 9.88 Å². The van der Waals surface area contributed by atoms with Crippen LogP contribution in [0.1, 0.15) is 55.8 Å². The number of pyridine rings is 1. The number of nitrogens with zero attached hydrogens (tertiary/aromatic N) is 2. The van der Waals surface area contributed by atoms with Crippen molar-refractivity contribution in [3.8, 4) is 5.75 Å². The number of carboxylic acid groups (broad SMARTS) is 1. The van der Waals surface area contributed by atoms with E-state index < -0.39 is 12.1 Å². The van der Waals surface area contributed by atoms with Crippen LogP contribution in [0.25, 0.3) is 10.9 Å². The first-order valence-electron chi connectivity index (χ1n) is 13.2. The van der Waals surface area contributed by atoms with Gasteiger partial charge in [0.1, 0.15) is 11.6 Å². The number of aliphatic hydroxyl groups excluding tert-OH is 1. The van der Waals surface area contributed by atoms with Crippen LogP contribution in [0.2, 0.25) is 0 Å². The lowest BCUT2D eigenvalue weighted by molar-refractivity contribution is -0.139. The summed E-state index contributed by atoms with van der Waals surface area (Å²) in [7, 11) is 1.62. The van der Waals surface area contributed by atoms with Gasteiger partial charge in [-0.25, -0.2) is 4.39 Å². The lowest BCUT2D eigenvalue weighted by Crippen LogP contribution is -2.41. The minimum Gasteiger partial charge on any atom is -0.497 e. The number of halogens is 1. The molecule has 0 spiro atoms. The summed E-state index contributed by atoms with van der Waals surface area (Å²) in [5.74, 6) is 0.106. The lowest BCUT2D eigenvalue weighted by Gasteiger charge is -2.38. The Bertz CT molecular complexity index is 1190. The maximum absolute atomic E-state index is 13.8. The molecule has 1 aliphatic heterocycles. The molecule has 0 amide bonds. The van der Waals surface area contributed by atoms with E-state index in [1.807, 2.05) is 36.4 Å². The number of aliphatic hydroxyl groups is 1. The van der Waals surface area contributed by atoms with Gasteiger partial charge in [0.2, 0.25) is 0 Å². The maximum Gasteiger partial charge on any atom is 0.303 e. The zero-order valence-corrected chi connectivity index (χ0v) is 21.5. The average Bonchev–Trinajstić information content (AvgIpc) is 2.90. The minimum atomic E-state index is -0.774. The summed E-state index contributed by atoms with van der Waals surface area (Å²) in [5.41, 5.74) is 2.39. The summed E-state index contributed by atoms with van der Waals surface area (Å²) < 4.78 is 19.2. The molecule has 7 heteroatoms. The van der Waals surface area contributed by atoms with Crippen molar-refractivity contribution in [2.24, 2.45) is 11.8 Å². The Balaban J connectivity index is 1.31. The third-order valence-electron chi connectivity index (χ3n) is 7.69. The van der Waals surface area contributed by atoms with Crippen LogP contribution in [0.4, 0.5) is 4.39 Å². The molecular formula is C30H37FN2O4. The number of benzene rings is 2. The van der Waals surface area contributed by atoms with Gasteiger partial charge in [-0.15, -0.1) is 0 Å². The van der Waals surface area contributed by atoms with Gasteiger partial charge in [-0.05, 0) is 105 Å². The zero-order valence-electron chi connectivity index (χ0n) is 21.5. The van der Waals surface area contributed by atoms with E-state index in [4.69, 9.17) is 4.74 Å². The fourth-order valence-corrected chi connectivity index (χ4v) is 5.64. The molecule has 1 saturated heterocycles. The van der Waals surface area contributed by atoms with Gasteiger partial charge in [0.05, 0.1) is 18.7 Å². The van der Waals surface area contributed by atoms with Crippen LogP contribution in [0.5, 0.6) is 5.75 Å². The van der Waals surface area contributed by atoms with Crippen LogP contribution in [0.3, 0.4) is 0 Å². The van der Waals surface area contributed by atoms with Gasteiger partial charge in [-0.2, -0.15) is 0 Å². The molecule has 4 rings (SSSR count). The molecule has 2 N–H and O–H groups in total. The van der Waals surface area contributed by atoms with Crippen LogP contribution in [0, 0.1) is 17.7 Å². The molecular weight excluding hydrogens is 471 g/mol. The topological polar surface area (TPSA) is 82.9 Å². The van der Waals surface area contributed by atoms with E-state index in [0.29, 0.717) is 6.42 Å². The molecule has 0 bridgehead atoms. The molecule has 1 unspecified atom stereocenters. The van der Waals surface area contributed by atoms with E-state index in [9.17, 15) is 19.4 Å². The number of piperidine rings is 1. The first-order chi connectivity index (χ1) is 17.9. The number of hydrogen-bond acceptors (Lipinski definition) is 5. The van der Waals surface area contributed by atoms with E-state index in [0.717, 1.165) is 79.5 Å². The summed E-state index contributed by atoms with van der Waals surface area (Å²) in [4.78, 5) is 18.4. The van der Waals surface area contributed by atoms with Crippen LogP contribution in [-0.4, -0.2) is 52.8 Å². The number of aromatic nitrogens is 1. The van der Waals surface area contributed by atoms with Gasteiger partial charge < -0.3 is 19.8 Å². The predicted octanol–water partition coefficient (Wildman–Crippen LogP) is 5.63. The summed E-state index contributed by atoms with van der Waals surface area (Å²) in [6.45, 7) is 2.57. The van der Waals surface area contributed by atoms with Gasteiger partial charge in [0.15, 0.2) is 0 Å². The Morgan fingerprint density at radius 3 is 2.81 bits per heavy atom. The van der Waals surface area contributed by atoms with Crippen LogP contribution < -0.4 is 4.74 Å². The lowest BCUT2D eigenvalue weighted by atomic mass is 9.79. The molecule has 6 nitrogen and oxygen atoms in total. The van der Waals surface area contributed by atoms with Crippen LogP contribution >= 0.6 is 0 Å². The number of aryl methyl sites for hydroxylation is 1. The second kappa shape index (κ2) is 13.0. The van der Waals surface area contributed by atoms with E-state index in [1.165, 1.54) is 6.07 Å². The van der Waals surface area contributed by atoms with Crippen molar-refractivity contribution in [1.82, 2.24) is 9.88 Å². The molecule has 2 aromatic carbocycles. The fourth-order valence-electron chi connectivity index (χ4n) is 5.64. The third-order valence-corrected chi connectivity index (χ3v) is 7.69. The molecule has 3 aromatic rings. The van der Waals surface area contributed by atoms with E-state index >= 15 is 0 Å². The van der Waals surface area contributed by atoms with Gasteiger partial charge >= 0.3 is 5.97 Å². The van der Waals surface area contributed by atoms with Crippen molar-refractivity contribution in [1.29, 1.82) is 0 Å². The second-order valence-corrected chi connectivity index (χ2v) is 10.1. The molecule has 1 aliphatic rings. The molecule has 3 atom stereocenters. The molecule has 0 radical (unpaired) electrons. The first kappa shape index (κ1) is 27.0. The number of likely N-dealkylation sites (tertiary alicyclic amines) is 1. The van der Waals surface area contributed by atoms with Crippen LogP contribution in [0.15, 0.2) is 54.7 Å². The van der Waals surface area contributed by atoms with Crippen molar-refractivity contribution in [2.45, 2.75) is 51.0 Å². The zero-order chi connectivity index (χ0) is 26.2. The van der Waals surface area contributed by atoms with Crippen molar-refractivity contribution in [3.63, 3.8) is 0 Å². The number of carboxylic acids is 1. The number of ether oxygens (including phenoxy) is 1. The normalized spacial score (nSPS) is 19.1. The summed E-state index contributed by atoms with van der Waals surface area (Å²) in [6.07, 6.45) is 6.04. The van der Waals surface area contributed by atoms with Crippen LogP contribution in [-0.2, 0) is 11.2 Å². The number of aliphatic carboxylic acids is 1. The summed E-state index contributed by atoms with van der Waals surface area (Å²) >= 11 is 0. The smallest absolute Gasteiger partial charge is 0.303 e. The standard InChI is InChI=1S/C30H37FN2O4/c1-37-24-10-11-28-26(19-24)25(13-15-32-28)29(34)12-9-21-14-17-33(20-23(21)18-30(35)36)16-5-4-7-22-6-2-3-8-27(22)31/h2-3,6,8,10-11,13,15,19,21,23,29,34H,4-5,7,9,12,14,16-18,20H2,1H3,(H,35,36)/t21-,23+,29?/m1/s1. The third kappa shape index (κ3) is 7.27. The van der Waals surface area contributed by atoms with Gasteiger partial charge in [0.25, 0.3) is 0 Å². The fraction of sp³-hybridized carbons (Fsp3) is 0.467. The van der Waals surface area contributed by atoms with Gasteiger partial charge in [-0.1, -0.05) is 18.2 Å². The number of fused-ring (bicyclic) bond motifs is 1. The van der Waals surface area contributed by atoms with Crippen molar-refractivity contribution in [3.05, 3.63) is 71.7 Å². The highest BCUT2D eigenvalue weighted by Crippen LogP contribution is 2.35. The number of hydrogen-bond donors (Lipinski definition) is 2. The van der Waals surface area contributed by atoms with E-state index in [-0.39, 0.29) is 24.1 Å². The SMILES string of the molecule is COc1ccc2nccc(C(O)CC[C@@H]3CCN(CCCCc4ccccc4F)C[C@@H]3CC(=O)O)c2c1. The van der Waals surface area contributed by atoms with Gasteiger partial charge in [-0.3, -0.25) is 9.78 Å².